The Balaban J connectivity index is 1.76. The van der Waals surface area contributed by atoms with Crippen LogP contribution in [0.2, 0.25) is 0 Å². The summed E-state index contributed by atoms with van der Waals surface area (Å²) in [7, 11) is 2.13. The number of carbonyl (C=O) groups excluding carboxylic acids is 1. The third-order valence-electron chi connectivity index (χ3n) is 4.27. The number of Topliss-reactive ketones (excluding diaryl/α,β-unsaturated/α-hetero) is 1. The van der Waals surface area contributed by atoms with Crippen LogP contribution in [0.5, 0.6) is 0 Å². The maximum atomic E-state index is 12.0. The van der Waals surface area contributed by atoms with Crippen molar-refractivity contribution in [1.29, 1.82) is 0 Å². The van der Waals surface area contributed by atoms with Crippen LogP contribution in [0.4, 0.5) is 0 Å². The fraction of sp³-hybridized carbons (Fsp3) is 0.929. The fourth-order valence-corrected chi connectivity index (χ4v) is 3.07. The largest absolute Gasteiger partial charge is 0.302 e. The van der Waals surface area contributed by atoms with Crippen LogP contribution < -0.4 is 0 Å². The van der Waals surface area contributed by atoms with E-state index >= 15 is 0 Å². The molecule has 2 rings (SSSR count). The molecule has 1 saturated carbocycles. The highest BCUT2D eigenvalue weighted by atomic mass is 16.1. The van der Waals surface area contributed by atoms with Crippen LogP contribution in [-0.4, -0.2) is 54.9 Å². The Morgan fingerprint density at radius 1 is 1.18 bits per heavy atom. The molecule has 1 unspecified atom stereocenters. The minimum absolute atomic E-state index is 0.208. The third-order valence-corrected chi connectivity index (χ3v) is 4.27. The molecule has 0 bridgehead atoms. The topological polar surface area (TPSA) is 23.6 Å². The summed E-state index contributed by atoms with van der Waals surface area (Å²) in [6.45, 7) is 4.70. The zero-order chi connectivity index (χ0) is 12.1. The van der Waals surface area contributed by atoms with Crippen molar-refractivity contribution < 1.29 is 4.79 Å². The second-order valence-corrected chi connectivity index (χ2v) is 5.61. The van der Waals surface area contributed by atoms with Gasteiger partial charge in [-0.1, -0.05) is 12.8 Å². The highest BCUT2D eigenvalue weighted by Gasteiger charge is 2.24. The average molecular weight is 238 g/mol. The van der Waals surface area contributed by atoms with Gasteiger partial charge >= 0.3 is 0 Å². The van der Waals surface area contributed by atoms with Crippen molar-refractivity contribution in [2.75, 3.05) is 33.2 Å². The van der Waals surface area contributed by atoms with Crippen LogP contribution in [0, 0.1) is 0 Å². The summed E-state index contributed by atoms with van der Waals surface area (Å²) in [6, 6.07) is 0.208. The van der Waals surface area contributed by atoms with Crippen LogP contribution in [0.25, 0.3) is 0 Å². The Hall–Kier alpha value is -0.410. The van der Waals surface area contributed by atoms with E-state index in [0.717, 1.165) is 32.4 Å². The number of hydrogen-bond donors (Lipinski definition) is 0. The average Bonchev–Trinajstić information content (AvgIpc) is 2.75. The lowest BCUT2D eigenvalue weighted by Crippen LogP contribution is -2.41. The van der Waals surface area contributed by atoms with Crippen LogP contribution >= 0.6 is 0 Å². The molecule has 0 radical (unpaired) electrons. The van der Waals surface area contributed by atoms with Crippen molar-refractivity contribution >= 4 is 5.78 Å². The Labute approximate surface area is 105 Å². The van der Waals surface area contributed by atoms with Gasteiger partial charge in [0.2, 0.25) is 0 Å². The molecule has 0 aromatic heterocycles. The second-order valence-electron chi connectivity index (χ2n) is 5.61. The van der Waals surface area contributed by atoms with Crippen molar-refractivity contribution in [3.63, 3.8) is 0 Å². The van der Waals surface area contributed by atoms with Crippen molar-refractivity contribution in [3.05, 3.63) is 0 Å². The fourth-order valence-electron chi connectivity index (χ4n) is 3.07. The quantitative estimate of drug-likeness (QED) is 0.699. The molecule has 3 heteroatoms. The zero-order valence-corrected chi connectivity index (χ0v) is 11.2. The monoisotopic (exact) mass is 238 g/mol. The molecule has 0 aromatic carbocycles. The Morgan fingerprint density at radius 3 is 2.71 bits per heavy atom. The van der Waals surface area contributed by atoms with E-state index in [9.17, 15) is 4.79 Å². The second kappa shape index (κ2) is 6.50. The smallest absolute Gasteiger partial charge is 0.149 e. The van der Waals surface area contributed by atoms with Gasteiger partial charge in [-0.25, -0.2) is 0 Å². The first-order valence-corrected chi connectivity index (χ1v) is 7.22. The van der Waals surface area contributed by atoms with Gasteiger partial charge in [0.15, 0.2) is 0 Å². The first kappa shape index (κ1) is 13.0. The van der Waals surface area contributed by atoms with Crippen molar-refractivity contribution in [1.82, 2.24) is 9.80 Å². The highest BCUT2D eigenvalue weighted by Crippen LogP contribution is 2.18. The minimum Gasteiger partial charge on any atom is -0.302 e. The summed E-state index contributed by atoms with van der Waals surface area (Å²) >= 11 is 0. The number of likely N-dealkylation sites (N-methyl/N-ethyl adjacent to an activating group) is 1. The molecule has 17 heavy (non-hydrogen) atoms. The van der Waals surface area contributed by atoms with Crippen molar-refractivity contribution in [3.8, 4) is 0 Å². The summed E-state index contributed by atoms with van der Waals surface area (Å²) in [5, 5.41) is 0. The van der Waals surface area contributed by atoms with Gasteiger partial charge in [0, 0.05) is 19.5 Å². The molecule has 2 fully saturated rings. The van der Waals surface area contributed by atoms with Gasteiger partial charge in [0.1, 0.15) is 5.78 Å². The van der Waals surface area contributed by atoms with E-state index in [0.29, 0.717) is 5.78 Å². The molecule has 1 saturated heterocycles. The minimum atomic E-state index is 0.208. The van der Waals surface area contributed by atoms with E-state index in [1.165, 1.54) is 38.8 Å². The lowest BCUT2D eigenvalue weighted by atomic mass is 10.1. The molecule has 1 aliphatic carbocycles. The maximum absolute atomic E-state index is 12.0. The van der Waals surface area contributed by atoms with E-state index in [1.54, 1.807) is 0 Å². The Morgan fingerprint density at radius 2 is 1.94 bits per heavy atom. The maximum Gasteiger partial charge on any atom is 0.149 e. The lowest BCUT2D eigenvalue weighted by molar-refractivity contribution is -0.123. The molecular weight excluding hydrogens is 212 g/mol. The van der Waals surface area contributed by atoms with Crippen LogP contribution in [0.3, 0.4) is 0 Å². The first-order chi connectivity index (χ1) is 8.27. The first-order valence-electron chi connectivity index (χ1n) is 7.22. The van der Waals surface area contributed by atoms with E-state index in [-0.39, 0.29) is 6.04 Å². The third kappa shape index (κ3) is 3.78. The summed E-state index contributed by atoms with van der Waals surface area (Å²) in [5.74, 6) is 0.478. The van der Waals surface area contributed by atoms with E-state index in [4.69, 9.17) is 0 Å². The number of rotatable bonds is 4. The molecular formula is C14H26N2O. The molecule has 98 valence electrons. The predicted octanol–water partition coefficient (Wildman–Crippen LogP) is 1.92. The van der Waals surface area contributed by atoms with Crippen LogP contribution in [0.1, 0.15) is 44.9 Å². The van der Waals surface area contributed by atoms with Gasteiger partial charge in [-0.3, -0.25) is 9.69 Å². The zero-order valence-electron chi connectivity index (χ0n) is 11.2. The molecule has 1 atom stereocenters. The number of hydrogen-bond acceptors (Lipinski definition) is 3. The molecule has 3 nitrogen and oxygen atoms in total. The van der Waals surface area contributed by atoms with E-state index in [2.05, 4.69) is 16.8 Å². The van der Waals surface area contributed by atoms with Gasteiger partial charge in [0.25, 0.3) is 0 Å². The van der Waals surface area contributed by atoms with Crippen molar-refractivity contribution in [2.45, 2.75) is 51.0 Å². The van der Waals surface area contributed by atoms with Gasteiger partial charge in [-0.15, -0.1) is 0 Å². The number of nitrogens with zero attached hydrogens (tertiary/aromatic N) is 2. The Bertz CT molecular complexity index is 249. The summed E-state index contributed by atoms with van der Waals surface area (Å²) in [5.41, 5.74) is 0. The standard InChI is InChI=1S/C14H26N2O/c1-15(11-12-16-9-5-6-10-16)13-7-3-2-4-8-14(13)17/h13H,2-12H2,1H3. The molecule has 1 aliphatic heterocycles. The van der Waals surface area contributed by atoms with Gasteiger partial charge in [-0.2, -0.15) is 0 Å². The number of ketones is 1. The lowest BCUT2D eigenvalue weighted by Gasteiger charge is -2.27. The van der Waals surface area contributed by atoms with E-state index in [1.807, 2.05) is 0 Å². The highest BCUT2D eigenvalue weighted by molar-refractivity contribution is 5.84. The van der Waals surface area contributed by atoms with E-state index < -0.39 is 0 Å². The summed E-state index contributed by atoms with van der Waals surface area (Å²) < 4.78 is 0. The predicted molar refractivity (Wildman–Crippen MR) is 70.2 cm³/mol. The van der Waals surface area contributed by atoms with Gasteiger partial charge in [0.05, 0.1) is 6.04 Å². The summed E-state index contributed by atoms with van der Waals surface area (Å²) in [4.78, 5) is 16.8. The number of likely N-dealkylation sites (tertiary alicyclic amines) is 1. The SMILES string of the molecule is CN(CCN1CCCC1)C1CCCCCC1=O. The van der Waals surface area contributed by atoms with Crippen LogP contribution in [-0.2, 0) is 4.79 Å². The van der Waals surface area contributed by atoms with Crippen molar-refractivity contribution in [2.24, 2.45) is 0 Å². The number of carbonyl (C=O) groups is 1. The molecule has 1 heterocycles. The molecule has 0 aromatic rings. The van der Waals surface area contributed by atoms with Gasteiger partial charge < -0.3 is 4.90 Å². The summed E-state index contributed by atoms with van der Waals surface area (Å²) in [6.07, 6.45) is 8.16. The Kier molecular flexibility index (Phi) is 4.99. The molecule has 2 aliphatic rings. The molecule has 0 amide bonds. The molecule has 0 N–H and O–H groups in total. The normalized spacial score (nSPS) is 27.6. The van der Waals surface area contributed by atoms with Gasteiger partial charge in [-0.05, 0) is 45.8 Å². The van der Waals surface area contributed by atoms with Crippen LogP contribution in [0.15, 0.2) is 0 Å². The molecule has 0 spiro atoms.